The number of nitriles is 1. The Kier molecular flexibility index (Phi) is 8.34. The van der Waals surface area contributed by atoms with Gasteiger partial charge in [0.1, 0.15) is 0 Å². The minimum atomic E-state index is -0.138. The van der Waals surface area contributed by atoms with E-state index >= 15 is 0 Å². The molecule has 5 rings (SSSR count). The number of carbonyl (C=O) groups excluding carboxylic acids is 2. The van der Waals surface area contributed by atoms with Crippen molar-refractivity contribution >= 4 is 11.8 Å². The van der Waals surface area contributed by atoms with Gasteiger partial charge in [0.2, 0.25) is 5.91 Å². The maximum absolute atomic E-state index is 13.5. The molecule has 2 amide bonds. The summed E-state index contributed by atoms with van der Waals surface area (Å²) in [6.07, 6.45) is 15.4. The van der Waals surface area contributed by atoms with Crippen LogP contribution in [0.5, 0.6) is 0 Å². The van der Waals surface area contributed by atoms with E-state index in [9.17, 15) is 9.59 Å². The van der Waals surface area contributed by atoms with Gasteiger partial charge in [0.25, 0.3) is 5.91 Å². The number of rotatable bonds is 7. The zero-order chi connectivity index (χ0) is 26.3. The van der Waals surface area contributed by atoms with E-state index in [1.165, 1.54) is 0 Å². The fourth-order valence-electron chi connectivity index (χ4n) is 5.73. The lowest BCUT2D eigenvalue weighted by Crippen LogP contribution is -2.54. The molecule has 2 fully saturated rings. The number of hydrogen-bond donors (Lipinski definition) is 1. The predicted molar refractivity (Wildman–Crippen MR) is 145 cm³/mol. The van der Waals surface area contributed by atoms with Crippen molar-refractivity contribution in [2.45, 2.75) is 57.7 Å². The number of benzene rings is 1. The summed E-state index contributed by atoms with van der Waals surface area (Å²) >= 11 is 0. The van der Waals surface area contributed by atoms with Crippen molar-refractivity contribution in [2.24, 2.45) is 5.92 Å². The SMILES string of the molecule is N#Cc1ccc(Cn2cncc2CN2CCN(C(=O)[C@H]3CCCC[C@H]3NC(=O)C3=CCCC=C3)CC2)cc1. The summed E-state index contributed by atoms with van der Waals surface area (Å²) in [6.45, 7) is 4.52. The van der Waals surface area contributed by atoms with Crippen LogP contribution in [0.15, 0.2) is 60.6 Å². The molecule has 2 heterocycles. The third-order valence-electron chi connectivity index (χ3n) is 7.96. The van der Waals surface area contributed by atoms with Gasteiger partial charge in [-0.3, -0.25) is 14.5 Å². The molecule has 1 aromatic carbocycles. The highest BCUT2D eigenvalue weighted by Gasteiger charge is 2.36. The highest BCUT2D eigenvalue weighted by molar-refractivity contribution is 5.97. The number of imidazole rings is 1. The van der Waals surface area contributed by atoms with Crippen molar-refractivity contribution in [3.8, 4) is 6.07 Å². The lowest BCUT2D eigenvalue weighted by molar-refractivity contribution is -0.139. The molecule has 1 aromatic heterocycles. The van der Waals surface area contributed by atoms with E-state index in [0.29, 0.717) is 25.2 Å². The zero-order valence-corrected chi connectivity index (χ0v) is 21.9. The van der Waals surface area contributed by atoms with Crippen LogP contribution < -0.4 is 5.32 Å². The van der Waals surface area contributed by atoms with Gasteiger partial charge in [-0.25, -0.2) is 4.98 Å². The van der Waals surface area contributed by atoms with E-state index in [-0.39, 0.29) is 23.8 Å². The number of carbonyl (C=O) groups is 2. The molecule has 0 radical (unpaired) electrons. The van der Waals surface area contributed by atoms with Gasteiger partial charge in [-0.05, 0) is 43.4 Å². The lowest BCUT2D eigenvalue weighted by Gasteiger charge is -2.39. The second-order valence-corrected chi connectivity index (χ2v) is 10.5. The molecular formula is C30H36N6O2. The molecular weight excluding hydrogens is 476 g/mol. The van der Waals surface area contributed by atoms with Crippen molar-refractivity contribution in [1.29, 1.82) is 5.26 Å². The Bertz CT molecular complexity index is 1230. The van der Waals surface area contributed by atoms with E-state index in [2.05, 4.69) is 25.8 Å². The Labute approximate surface area is 224 Å². The normalized spacial score (nSPS) is 22.0. The fourth-order valence-corrected chi connectivity index (χ4v) is 5.73. The zero-order valence-electron chi connectivity index (χ0n) is 21.9. The third-order valence-corrected chi connectivity index (χ3v) is 7.96. The first-order valence-electron chi connectivity index (χ1n) is 13.8. The van der Waals surface area contributed by atoms with Crippen LogP contribution in [0.4, 0.5) is 0 Å². The topological polar surface area (TPSA) is 94.3 Å². The summed E-state index contributed by atoms with van der Waals surface area (Å²) < 4.78 is 2.14. The maximum atomic E-state index is 13.5. The van der Waals surface area contributed by atoms with Crippen LogP contribution in [0.2, 0.25) is 0 Å². The summed E-state index contributed by atoms with van der Waals surface area (Å²) in [5.74, 6) is 0.00281. The summed E-state index contributed by atoms with van der Waals surface area (Å²) in [6, 6.07) is 9.72. The number of allylic oxidation sites excluding steroid dienone is 2. The third kappa shape index (κ3) is 6.22. The fraction of sp³-hybridized carbons (Fsp3) is 0.467. The molecule has 0 spiro atoms. The highest BCUT2D eigenvalue weighted by Crippen LogP contribution is 2.27. The van der Waals surface area contributed by atoms with E-state index < -0.39 is 0 Å². The maximum Gasteiger partial charge on any atom is 0.251 e. The standard InChI is InChI=1S/C30H36N6O2/c31-18-23-10-12-24(13-11-23)20-36-22-32-19-26(36)21-34-14-16-35(17-15-34)30(38)27-8-4-5-9-28(27)33-29(37)25-6-2-1-3-7-25/h2,6-7,10-13,19,22,27-28H,1,3-5,8-9,14-17,20-21H2,(H,33,37)/t27-,28+/m0/s1. The Balaban J connectivity index is 1.14. The van der Waals surface area contributed by atoms with E-state index in [0.717, 1.165) is 75.0 Å². The van der Waals surface area contributed by atoms with Crippen molar-refractivity contribution in [3.63, 3.8) is 0 Å². The van der Waals surface area contributed by atoms with Crippen molar-refractivity contribution in [2.75, 3.05) is 26.2 Å². The molecule has 1 aliphatic heterocycles. The Morgan fingerprint density at radius 1 is 1.03 bits per heavy atom. The number of nitrogens with one attached hydrogen (secondary N) is 1. The average molecular weight is 513 g/mol. The minimum absolute atomic E-state index is 0.0481. The summed E-state index contributed by atoms with van der Waals surface area (Å²) in [4.78, 5) is 35.1. The Morgan fingerprint density at radius 2 is 1.82 bits per heavy atom. The Hall–Kier alpha value is -3.70. The van der Waals surface area contributed by atoms with E-state index in [1.807, 2.05) is 59.9 Å². The molecule has 38 heavy (non-hydrogen) atoms. The first-order chi connectivity index (χ1) is 18.6. The average Bonchev–Trinajstić information content (AvgIpc) is 3.40. The quantitative estimate of drug-likeness (QED) is 0.614. The molecule has 198 valence electrons. The van der Waals surface area contributed by atoms with Gasteiger partial charge >= 0.3 is 0 Å². The number of amides is 2. The van der Waals surface area contributed by atoms with Gasteiger partial charge in [-0.15, -0.1) is 0 Å². The van der Waals surface area contributed by atoms with Crippen LogP contribution in [0.1, 0.15) is 55.3 Å². The first kappa shape index (κ1) is 25.9. The summed E-state index contributed by atoms with van der Waals surface area (Å²) in [7, 11) is 0. The molecule has 1 N–H and O–H groups in total. The monoisotopic (exact) mass is 512 g/mol. The van der Waals surface area contributed by atoms with Crippen molar-refractivity contribution in [1.82, 2.24) is 24.7 Å². The molecule has 3 aliphatic rings. The van der Waals surface area contributed by atoms with Crippen molar-refractivity contribution < 1.29 is 9.59 Å². The van der Waals surface area contributed by atoms with Gasteiger partial charge in [0.15, 0.2) is 0 Å². The van der Waals surface area contributed by atoms with E-state index in [4.69, 9.17) is 5.26 Å². The number of piperazine rings is 1. The van der Waals surface area contributed by atoms with Crippen LogP contribution >= 0.6 is 0 Å². The molecule has 8 nitrogen and oxygen atoms in total. The Morgan fingerprint density at radius 3 is 2.55 bits per heavy atom. The van der Waals surface area contributed by atoms with E-state index in [1.54, 1.807) is 0 Å². The molecule has 8 heteroatoms. The minimum Gasteiger partial charge on any atom is -0.349 e. The van der Waals surface area contributed by atoms with Crippen LogP contribution in [0.25, 0.3) is 0 Å². The number of hydrogen-bond acceptors (Lipinski definition) is 5. The van der Waals surface area contributed by atoms with Gasteiger partial charge < -0.3 is 14.8 Å². The molecule has 0 bridgehead atoms. The molecule has 1 saturated carbocycles. The lowest BCUT2D eigenvalue weighted by atomic mass is 9.83. The number of aromatic nitrogens is 2. The van der Waals surface area contributed by atoms with Gasteiger partial charge in [-0.1, -0.05) is 43.2 Å². The first-order valence-corrected chi connectivity index (χ1v) is 13.8. The predicted octanol–water partition coefficient (Wildman–Crippen LogP) is 3.40. The summed E-state index contributed by atoms with van der Waals surface area (Å²) in [5, 5.41) is 12.2. The smallest absolute Gasteiger partial charge is 0.251 e. The second-order valence-electron chi connectivity index (χ2n) is 10.5. The number of nitrogens with zero attached hydrogens (tertiary/aromatic N) is 5. The van der Waals surface area contributed by atoms with Crippen LogP contribution in [0.3, 0.4) is 0 Å². The van der Waals surface area contributed by atoms with Crippen LogP contribution in [-0.4, -0.2) is 63.4 Å². The largest absolute Gasteiger partial charge is 0.349 e. The van der Waals surface area contributed by atoms with Gasteiger partial charge in [-0.2, -0.15) is 5.26 Å². The van der Waals surface area contributed by atoms with Crippen LogP contribution in [0, 0.1) is 17.2 Å². The van der Waals surface area contributed by atoms with Gasteiger partial charge in [0.05, 0.1) is 29.6 Å². The van der Waals surface area contributed by atoms with Crippen molar-refractivity contribution in [3.05, 3.63) is 77.4 Å². The molecule has 2 atom stereocenters. The molecule has 2 aromatic rings. The second kappa shape index (κ2) is 12.2. The highest BCUT2D eigenvalue weighted by atomic mass is 16.2. The van der Waals surface area contributed by atoms with Gasteiger partial charge in [0, 0.05) is 57.1 Å². The molecule has 0 unspecified atom stereocenters. The molecule has 2 aliphatic carbocycles. The molecule has 1 saturated heterocycles. The van der Waals surface area contributed by atoms with Crippen LogP contribution in [-0.2, 0) is 22.7 Å². The summed E-state index contributed by atoms with van der Waals surface area (Å²) in [5.41, 5.74) is 3.65.